The fraction of sp³-hybridized carbons (Fsp3) is 0.333. The maximum Gasteiger partial charge on any atom is 0.256 e. The van der Waals surface area contributed by atoms with E-state index in [1.807, 2.05) is 6.07 Å². The van der Waals surface area contributed by atoms with Crippen LogP contribution in [0.2, 0.25) is 0 Å². The minimum Gasteiger partial charge on any atom is -0.353 e. The number of hydrogen-bond acceptors (Lipinski definition) is 2. The predicted octanol–water partition coefficient (Wildman–Crippen LogP) is 0.226. The summed E-state index contributed by atoms with van der Waals surface area (Å²) >= 11 is 3.35. The molecule has 94 valence electrons. The molecule has 4 N–H and O–H groups in total. The maximum absolute atomic E-state index is 12.4. The second-order valence-electron chi connectivity index (χ2n) is 4.67. The van der Waals surface area contributed by atoms with Gasteiger partial charge >= 0.3 is 0 Å². The molecule has 2 atom stereocenters. The van der Waals surface area contributed by atoms with Crippen LogP contribution in [0.15, 0.2) is 22.7 Å². The lowest BCUT2D eigenvalue weighted by Crippen LogP contribution is -2.68. The number of carbonyl (C=O) groups is 2. The number of benzene rings is 1. The highest BCUT2D eigenvalue weighted by Gasteiger charge is 2.45. The first-order valence-corrected chi connectivity index (χ1v) is 6.61. The van der Waals surface area contributed by atoms with Gasteiger partial charge in [0.2, 0.25) is 0 Å². The molecule has 0 spiro atoms. The van der Waals surface area contributed by atoms with E-state index >= 15 is 0 Å². The van der Waals surface area contributed by atoms with Crippen molar-refractivity contribution in [3.8, 4) is 0 Å². The second kappa shape index (κ2) is 4.07. The third-order valence-corrected chi connectivity index (χ3v) is 4.02. The van der Waals surface area contributed by atoms with Crippen molar-refractivity contribution in [1.29, 1.82) is 0 Å². The number of fused-ring (bicyclic) bond motifs is 2. The monoisotopic (exact) mass is 310 g/mol. The Hall–Kier alpha value is -1.40. The van der Waals surface area contributed by atoms with Gasteiger partial charge in [-0.3, -0.25) is 9.59 Å². The first-order valence-electron chi connectivity index (χ1n) is 5.82. The van der Waals surface area contributed by atoms with E-state index in [0.717, 1.165) is 10.9 Å². The summed E-state index contributed by atoms with van der Waals surface area (Å²) in [6, 6.07) is 4.83. The first kappa shape index (κ1) is 11.7. The number of rotatable bonds is 0. The smallest absolute Gasteiger partial charge is 0.256 e. The number of quaternary nitrogens is 1. The lowest BCUT2D eigenvalue weighted by molar-refractivity contribution is -0.419. The normalized spacial score (nSPS) is 26.4. The summed E-state index contributed by atoms with van der Waals surface area (Å²) in [4.78, 5) is 26.2. The van der Waals surface area contributed by atoms with Gasteiger partial charge in [0.05, 0.1) is 11.3 Å². The largest absolute Gasteiger partial charge is 0.353 e. The third-order valence-electron chi connectivity index (χ3n) is 3.52. The fourth-order valence-corrected chi connectivity index (χ4v) is 2.96. The molecule has 0 radical (unpaired) electrons. The van der Waals surface area contributed by atoms with Gasteiger partial charge in [-0.1, -0.05) is 15.9 Å². The number of halogens is 1. The quantitative estimate of drug-likeness (QED) is 0.719. The van der Waals surface area contributed by atoms with Gasteiger partial charge in [0.1, 0.15) is 6.04 Å². The third kappa shape index (κ3) is 1.64. The molecule has 0 unspecified atom stereocenters. The molecule has 1 aromatic carbocycles. The molecule has 0 aromatic heterocycles. The van der Waals surface area contributed by atoms with Gasteiger partial charge in [-0.25, -0.2) is 0 Å². The van der Waals surface area contributed by atoms with E-state index in [-0.39, 0.29) is 17.9 Å². The SMILES string of the molecule is [NH3+][C@H]1CCN2C(=O)c3cc(Br)ccc3NC(=O)[C@H]12. The van der Waals surface area contributed by atoms with E-state index in [9.17, 15) is 9.59 Å². The van der Waals surface area contributed by atoms with Crippen molar-refractivity contribution in [3.63, 3.8) is 0 Å². The molecule has 1 fully saturated rings. The summed E-state index contributed by atoms with van der Waals surface area (Å²) in [6.07, 6.45) is 0.771. The van der Waals surface area contributed by atoms with Crippen molar-refractivity contribution >= 4 is 33.4 Å². The highest BCUT2D eigenvalue weighted by atomic mass is 79.9. The topological polar surface area (TPSA) is 77.1 Å². The Morgan fingerprint density at radius 2 is 2.17 bits per heavy atom. The van der Waals surface area contributed by atoms with Gasteiger partial charge < -0.3 is 16.0 Å². The number of anilines is 1. The molecule has 0 bridgehead atoms. The van der Waals surface area contributed by atoms with Crippen LogP contribution in [0.1, 0.15) is 16.8 Å². The van der Waals surface area contributed by atoms with Gasteiger partial charge in [0, 0.05) is 17.4 Å². The fourth-order valence-electron chi connectivity index (χ4n) is 2.60. The van der Waals surface area contributed by atoms with Crippen LogP contribution in [0.3, 0.4) is 0 Å². The molecule has 18 heavy (non-hydrogen) atoms. The molecule has 0 aliphatic carbocycles. The summed E-state index contributed by atoms with van der Waals surface area (Å²) in [5.41, 5.74) is 5.08. The molecule has 2 heterocycles. The number of nitrogens with zero attached hydrogens (tertiary/aromatic N) is 1. The van der Waals surface area contributed by atoms with Crippen LogP contribution in [0.25, 0.3) is 0 Å². The zero-order valence-corrected chi connectivity index (χ0v) is 11.2. The van der Waals surface area contributed by atoms with E-state index < -0.39 is 6.04 Å². The summed E-state index contributed by atoms with van der Waals surface area (Å²) in [5.74, 6) is -0.234. The Labute approximate surface area is 112 Å². The summed E-state index contributed by atoms with van der Waals surface area (Å²) in [6.45, 7) is 0.594. The zero-order chi connectivity index (χ0) is 12.9. The highest BCUT2D eigenvalue weighted by molar-refractivity contribution is 9.10. The lowest BCUT2D eigenvalue weighted by Gasteiger charge is -2.20. The van der Waals surface area contributed by atoms with Gasteiger partial charge in [0.25, 0.3) is 11.8 Å². The molecule has 2 aliphatic rings. The number of hydrogen-bond donors (Lipinski definition) is 2. The molecule has 1 aromatic rings. The van der Waals surface area contributed by atoms with E-state index in [1.54, 1.807) is 17.0 Å². The number of nitrogens with one attached hydrogen (secondary N) is 1. The van der Waals surface area contributed by atoms with Crippen molar-refractivity contribution in [2.75, 3.05) is 11.9 Å². The van der Waals surface area contributed by atoms with Gasteiger partial charge in [0.15, 0.2) is 6.04 Å². The molecule has 6 heteroatoms. The summed E-state index contributed by atoms with van der Waals surface area (Å²) < 4.78 is 0.827. The van der Waals surface area contributed by atoms with Crippen molar-refractivity contribution in [2.24, 2.45) is 0 Å². The van der Waals surface area contributed by atoms with Crippen LogP contribution in [-0.2, 0) is 4.79 Å². The number of carbonyl (C=O) groups excluding carboxylic acids is 2. The Morgan fingerprint density at radius 1 is 1.39 bits per heavy atom. The Bertz CT molecular complexity index is 546. The molecule has 3 rings (SSSR count). The average molecular weight is 311 g/mol. The molecular formula is C12H13BrN3O2+. The molecule has 2 aliphatic heterocycles. The predicted molar refractivity (Wildman–Crippen MR) is 68.9 cm³/mol. The summed E-state index contributed by atoms with van der Waals surface area (Å²) in [7, 11) is 0. The van der Waals surface area contributed by atoms with E-state index in [4.69, 9.17) is 0 Å². The Morgan fingerprint density at radius 3 is 2.94 bits per heavy atom. The molecule has 0 saturated carbocycles. The van der Waals surface area contributed by atoms with E-state index in [2.05, 4.69) is 27.0 Å². The average Bonchev–Trinajstić information content (AvgIpc) is 2.68. The lowest BCUT2D eigenvalue weighted by atomic mass is 10.1. The molecule has 1 saturated heterocycles. The van der Waals surface area contributed by atoms with Crippen LogP contribution >= 0.6 is 15.9 Å². The van der Waals surface area contributed by atoms with Crippen molar-refractivity contribution < 1.29 is 15.3 Å². The van der Waals surface area contributed by atoms with Gasteiger partial charge in [-0.05, 0) is 18.2 Å². The van der Waals surface area contributed by atoms with E-state index in [0.29, 0.717) is 17.8 Å². The van der Waals surface area contributed by atoms with Crippen molar-refractivity contribution in [2.45, 2.75) is 18.5 Å². The first-order chi connectivity index (χ1) is 8.58. The second-order valence-corrected chi connectivity index (χ2v) is 5.59. The van der Waals surface area contributed by atoms with Crippen LogP contribution < -0.4 is 11.1 Å². The molecule has 2 amide bonds. The Balaban J connectivity index is 2.11. The van der Waals surface area contributed by atoms with Gasteiger partial charge in [-0.2, -0.15) is 0 Å². The standard InChI is InChI=1S/C12H12BrN3O2/c13-6-1-2-9-7(5-6)12(18)16-4-3-8(14)10(16)11(17)15-9/h1-2,5,8,10H,3-4,14H2,(H,15,17)/p+1/t8-,10-/m0/s1. The zero-order valence-electron chi connectivity index (χ0n) is 9.65. The number of amides is 2. The minimum atomic E-state index is -0.441. The van der Waals surface area contributed by atoms with Crippen LogP contribution in [0.4, 0.5) is 5.69 Å². The van der Waals surface area contributed by atoms with Crippen molar-refractivity contribution in [3.05, 3.63) is 28.2 Å². The summed E-state index contributed by atoms with van der Waals surface area (Å²) in [5, 5.41) is 2.82. The molecular weight excluding hydrogens is 298 g/mol. The van der Waals surface area contributed by atoms with Crippen LogP contribution in [0.5, 0.6) is 0 Å². The maximum atomic E-state index is 12.4. The van der Waals surface area contributed by atoms with E-state index in [1.165, 1.54) is 0 Å². The Kier molecular flexibility index (Phi) is 2.64. The van der Waals surface area contributed by atoms with Crippen molar-refractivity contribution in [1.82, 2.24) is 4.90 Å². The highest BCUT2D eigenvalue weighted by Crippen LogP contribution is 2.29. The van der Waals surface area contributed by atoms with Gasteiger partial charge in [-0.15, -0.1) is 0 Å². The molecule has 5 nitrogen and oxygen atoms in total. The minimum absolute atomic E-state index is 0.0355. The van der Waals surface area contributed by atoms with Crippen LogP contribution in [-0.4, -0.2) is 35.3 Å². The van der Waals surface area contributed by atoms with Crippen LogP contribution in [0, 0.1) is 0 Å².